The maximum atomic E-state index is 12.3. The molecular formula is C14H21N3O. The van der Waals surface area contributed by atoms with Crippen molar-refractivity contribution in [3.63, 3.8) is 0 Å². The average Bonchev–Trinajstić information content (AvgIpc) is 2.37. The van der Waals surface area contributed by atoms with Crippen molar-refractivity contribution in [1.82, 2.24) is 15.2 Å². The normalized spacial score (nSPS) is 18.7. The molecule has 2 rings (SSSR count). The lowest BCUT2D eigenvalue weighted by Crippen LogP contribution is -2.59. The number of aromatic nitrogens is 1. The molecule has 4 nitrogen and oxygen atoms in total. The van der Waals surface area contributed by atoms with Gasteiger partial charge in [0.2, 0.25) is 5.91 Å². The van der Waals surface area contributed by atoms with Crippen molar-refractivity contribution in [2.75, 3.05) is 19.6 Å². The van der Waals surface area contributed by atoms with Gasteiger partial charge in [-0.05, 0) is 32.4 Å². The highest BCUT2D eigenvalue weighted by molar-refractivity contribution is 5.77. The number of hydrogen-bond acceptors (Lipinski definition) is 3. The summed E-state index contributed by atoms with van der Waals surface area (Å²) in [5.41, 5.74) is 0.901. The van der Waals surface area contributed by atoms with Gasteiger partial charge in [0.25, 0.3) is 0 Å². The first kappa shape index (κ1) is 13.0. The van der Waals surface area contributed by atoms with E-state index in [0.717, 1.165) is 31.7 Å². The van der Waals surface area contributed by atoms with Gasteiger partial charge in [-0.2, -0.15) is 0 Å². The molecule has 1 saturated heterocycles. The molecule has 0 atom stereocenters. The van der Waals surface area contributed by atoms with E-state index in [4.69, 9.17) is 0 Å². The summed E-state index contributed by atoms with van der Waals surface area (Å²) in [4.78, 5) is 18.5. The predicted molar refractivity (Wildman–Crippen MR) is 71.2 cm³/mol. The van der Waals surface area contributed by atoms with Gasteiger partial charge in [0.15, 0.2) is 0 Å². The Labute approximate surface area is 108 Å². The van der Waals surface area contributed by atoms with Gasteiger partial charge in [0, 0.05) is 43.5 Å². The van der Waals surface area contributed by atoms with Crippen LogP contribution in [0.4, 0.5) is 0 Å². The topological polar surface area (TPSA) is 45.2 Å². The standard InChI is InChI=1S/C14H21N3O/c1-14(2)11-15-9-10-17(14)13(18)7-6-12-5-3-4-8-16-12/h3-5,8,15H,6-7,9-11H2,1-2H3. The number of nitrogens with one attached hydrogen (secondary N) is 1. The third kappa shape index (κ3) is 3.07. The number of piperazine rings is 1. The molecule has 1 aromatic heterocycles. The van der Waals surface area contributed by atoms with E-state index >= 15 is 0 Å². The summed E-state index contributed by atoms with van der Waals surface area (Å²) in [6.45, 7) is 6.77. The molecule has 1 aromatic rings. The van der Waals surface area contributed by atoms with Crippen molar-refractivity contribution in [2.45, 2.75) is 32.2 Å². The first-order chi connectivity index (χ1) is 8.59. The summed E-state index contributed by atoms with van der Waals surface area (Å²) in [6.07, 6.45) is 3.04. The lowest BCUT2D eigenvalue weighted by molar-refractivity contribution is -0.137. The van der Waals surface area contributed by atoms with Crippen molar-refractivity contribution in [1.29, 1.82) is 0 Å². The minimum atomic E-state index is -0.0839. The largest absolute Gasteiger partial charge is 0.335 e. The van der Waals surface area contributed by atoms with E-state index in [1.807, 2.05) is 23.1 Å². The summed E-state index contributed by atoms with van der Waals surface area (Å²) in [5.74, 6) is 0.229. The number of carbonyl (C=O) groups excluding carboxylic acids is 1. The van der Waals surface area contributed by atoms with Crippen molar-refractivity contribution in [3.8, 4) is 0 Å². The molecule has 0 aromatic carbocycles. The zero-order chi connectivity index (χ0) is 13.0. The van der Waals surface area contributed by atoms with Gasteiger partial charge in [-0.25, -0.2) is 0 Å². The highest BCUT2D eigenvalue weighted by Crippen LogP contribution is 2.17. The minimum absolute atomic E-state index is 0.0839. The Morgan fingerprint density at radius 2 is 2.33 bits per heavy atom. The smallest absolute Gasteiger partial charge is 0.223 e. The van der Waals surface area contributed by atoms with Gasteiger partial charge < -0.3 is 10.2 Å². The van der Waals surface area contributed by atoms with Crippen LogP contribution in [0.3, 0.4) is 0 Å². The summed E-state index contributed by atoms with van der Waals surface area (Å²) >= 11 is 0. The van der Waals surface area contributed by atoms with Crippen LogP contribution in [0.1, 0.15) is 26.0 Å². The van der Waals surface area contributed by atoms with E-state index in [0.29, 0.717) is 6.42 Å². The third-order valence-corrected chi connectivity index (χ3v) is 3.42. The summed E-state index contributed by atoms with van der Waals surface area (Å²) in [7, 11) is 0. The fourth-order valence-electron chi connectivity index (χ4n) is 2.36. The Kier molecular flexibility index (Phi) is 3.97. The third-order valence-electron chi connectivity index (χ3n) is 3.42. The lowest BCUT2D eigenvalue weighted by Gasteiger charge is -2.43. The number of amides is 1. The molecule has 1 amide bonds. The fourth-order valence-corrected chi connectivity index (χ4v) is 2.36. The summed E-state index contributed by atoms with van der Waals surface area (Å²) < 4.78 is 0. The van der Waals surface area contributed by atoms with E-state index in [-0.39, 0.29) is 11.4 Å². The SMILES string of the molecule is CC1(C)CNCCN1C(=O)CCc1ccccn1. The molecule has 0 unspecified atom stereocenters. The zero-order valence-electron chi connectivity index (χ0n) is 11.1. The Balaban J connectivity index is 1.91. The van der Waals surface area contributed by atoms with Crippen LogP contribution in [0.25, 0.3) is 0 Å². The maximum Gasteiger partial charge on any atom is 0.223 e. The van der Waals surface area contributed by atoms with Crippen molar-refractivity contribution in [3.05, 3.63) is 30.1 Å². The van der Waals surface area contributed by atoms with Gasteiger partial charge >= 0.3 is 0 Å². The highest BCUT2D eigenvalue weighted by atomic mass is 16.2. The minimum Gasteiger partial charge on any atom is -0.335 e. The van der Waals surface area contributed by atoms with Crippen molar-refractivity contribution < 1.29 is 4.79 Å². The molecule has 0 spiro atoms. The number of carbonyl (C=O) groups is 1. The Bertz CT molecular complexity index is 403. The van der Waals surface area contributed by atoms with E-state index in [9.17, 15) is 4.79 Å². The predicted octanol–water partition coefficient (Wildman–Crippen LogP) is 1.22. The Morgan fingerprint density at radius 3 is 3.00 bits per heavy atom. The molecule has 2 heterocycles. The number of pyridine rings is 1. The van der Waals surface area contributed by atoms with Gasteiger partial charge in [-0.3, -0.25) is 9.78 Å². The second-order valence-corrected chi connectivity index (χ2v) is 5.36. The second kappa shape index (κ2) is 5.48. The number of rotatable bonds is 3. The highest BCUT2D eigenvalue weighted by Gasteiger charge is 2.32. The van der Waals surface area contributed by atoms with Crippen molar-refractivity contribution in [2.24, 2.45) is 0 Å². The van der Waals surface area contributed by atoms with Crippen LogP contribution in [-0.2, 0) is 11.2 Å². The molecule has 1 N–H and O–H groups in total. The fraction of sp³-hybridized carbons (Fsp3) is 0.571. The molecule has 0 bridgehead atoms. The van der Waals surface area contributed by atoms with E-state index in [1.165, 1.54) is 0 Å². The second-order valence-electron chi connectivity index (χ2n) is 5.36. The van der Waals surface area contributed by atoms with Gasteiger partial charge in [-0.1, -0.05) is 6.07 Å². The van der Waals surface area contributed by atoms with Crippen LogP contribution in [-0.4, -0.2) is 41.0 Å². The first-order valence-electron chi connectivity index (χ1n) is 6.51. The first-order valence-corrected chi connectivity index (χ1v) is 6.51. The molecule has 1 fully saturated rings. The van der Waals surface area contributed by atoms with Crippen molar-refractivity contribution >= 4 is 5.91 Å². The monoisotopic (exact) mass is 247 g/mol. The molecule has 0 saturated carbocycles. The number of hydrogen-bond donors (Lipinski definition) is 1. The maximum absolute atomic E-state index is 12.3. The van der Waals surface area contributed by atoms with E-state index < -0.39 is 0 Å². The molecule has 1 aliphatic rings. The average molecular weight is 247 g/mol. The summed E-state index contributed by atoms with van der Waals surface area (Å²) in [5, 5.41) is 3.33. The lowest BCUT2D eigenvalue weighted by atomic mass is 9.99. The van der Waals surface area contributed by atoms with Crippen LogP contribution in [0, 0.1) is 0 Å². The van der Waals surface area contributed by atoms with E-state index in [2.05, 4.69) is 24.1 Å². The zero-order valence-corrected chi connectivity index (χ0v) is 11.1. The molecule has 4 heteroatoms. The van der Waals surface area contributed by atoms with E-state index in [1.54, 1.807) is 6.20 Å². The number of nitrogens with zero attached hydrogens (tertiary/aromatic N) is 2. The van der Waals surface area contributed by atoms with Crippen LogP contribution < -0.4 is 5.32 Å². The molecule has 18 heavy (non-hydrogen) atoms. The Hall–Kier alpha value is -1.42. The molecule has 0 aliphatic carbocycles. The van der Waals surface area contributed by atoms with Gasteiger partial charge in [-0.15, -0.1) is 0 Å². The quantitative estimate of drug-likeness (QED) is 0.873. The van der Waals surface area contributed by atoms with Crippen LogP contribution in [0.5, 0.6) is 0 Å². The Morgan fingerprint density at radius 1 is 1.50 bits per heavy atom. The molecular weight excluding hydrogens is 226 g/mol. The van der Waals surface area contributed by atoms with Gasteiger partial charge in [0.05, 0.1) is 0 Å². The van der Waals surface area contributed by atoms with Crippen LogP contribution in [0.15, 0.2) is 24.4 Å². The molecule has 0 radical (unpaired) electrons. The van der Waals surface area contributed by atoms with Gasteiger partial charge in [0.1, 0.15) is 0 Å². The molecule has 1 aliphatic heterocycles. The summed E-state index contributed by atoms with van der Waals surface area (Å²) in [6, 6.07) is 5.82. The number of aryl methyl sites for hydroxylation is 1. The van der Waals surface area contributed by atoms with Crippen LogP contribution in [0.2, 0.25) is 0 Å². The van der Waals surface area contributed by atoms with Crippen LogP contribution >= 0.6 is 0 Å². The molecule has 98 valence electrons.